The summed E-state index contributed by atoms with van der Waals surface area (Å²) in [5.74, 6) is 0.938. The van der Waals surface area contributed by atoms with E-state index < -0.39 is 11.6 Å². The van der Waals surface area contributed by atoms with E-state index in [0.29, 0.717) is 5.92 Å². The quantitative estimate of drug-likeness (QED) is 0.0926. The zero-order valence-corrected chi connectivity index (χ0v) is 36.5. The molecule has 1 aliphatic rings. The van der Waals surface area contributed by atoms with E-state index in [1.165, 1.54) is 56.8 Å². The van der Waals surface area contributed by atoms with Gasteiger partial charge in [-0.3, -0.25) is 4.79 Å². The standard InChI is InChI=1S/C32H35F3NS.C13H24O2.Ir/c1-19-15-20(2)17-23(16-19)27-29-26(11-14-36-27)25-8-7-24(21(3)28(25)37-29)22-9-12-31(6,13-10-22)18-30(4,5)32(33,34)35;1-5-10(6-2)12(14)9-13(15)11(7-3)8-4;/h7-8,11,14-16,22H,9-10,12-13,18H2,1-6H3;9-11,14H,5-8H2,1-4H3;/q-1;;/b;12-9-;. The maximum absolute atomic E-state index is 13.6. The summed E-state index contributed by atoms with van der Waals surface area (Å²) in [6.45, 7) is 19.2. The van der Waals surface area contributed by atoms with Gasteiger partial charge >= 0.3 is 6.18 Å². The van der Waals surface area contributed by atoms with Crippen molar-refractivity contribution in [3.8, 4) is 11.3 Å². The number of nitrogens with zero attached hydrogens (tertiary/aromatic N) is 1. The molecule has 2 aromatic heterocycles. The second-order valence-corrected chi connectivity index (χ2v) is 17.2. The Kier molecular flexibility index (Phi) is 15.6. The molecule has 4 aromatic rings. The summed E-state index contributed by atoms with van der Waals surface area (Å²) in [7, 11) is 0. The minimum atomic E-state index is -4.17. The van der Waals surface area contributed by atoms with Crippen LogP contribution in [0.2, 0.25) is 0 Å². The van der Waals surface area contributed by atoms with Gasteiger partial charge in [0, 0.05) is 59.3 Å². The van der Waals surface area contributed by atoms with Crippen LogP contribution in [0.15, 0.2) is 48.4 Å². The Hall–Kier alpha value is -2.54. The fourth-order valence-electron chi connectivity index (χ4n) is 8.32. The predicted octanol–water partition coefficient (Wildman–Crippen LogP) is 14.4. The smallest absolute Gasteiger partial charge is 0.393 e. The Labute approximate surface area is 333 Å². The van der Waals surface area contributed by atoms with Gasteiger partial charge in [0.15, 0.2) is 5.78 Å². The monoisotopic (exact) mass is 927 g/mol. The summed E-state index contributed by atoms with van der Waals surface area (Å²) in [5.41, 5.74) is 5.05. The van der Waals surface area contributed by atoms with Crippen LogP contribution in [0, 0.1) is 49.5 Å². The molecule has 8 heteroatoms. The summed E-state index contributed by atoms with van der Waals surface area (Å²) in [6, 6.07) is 14.4. The van der Waals surface area contributed by atoms with Gasteiger partial charge in [-0.25, -0.2) is 0 Å². The molecule has 293 valence electrons. The molecule has 2 aromatic carbocycles. The van der Waals surface area contributed by atoms with Crippen LogP contribution in [0.3, 0.4) is 0 Å². The van der Waals surface area contributed by atoms with Crippen molar-refractivity contribution in [1.29, 1.82) is 0 Å². The minimum absolute atomic E-state index is 0. The zero-order valence-electron chi connectivity index (χ0n) is 33.3. The van der Waals surface area contributed by atoms with Crippen LogP contribution in [0.1, 0.15) is 134 Å². The first-order valence-electron chi connectivity index (χ1n) is 19.2. The number of pyridine rings is 1. The summed E-state index contributed by atoms with van der Waals surface area (Å²) in [4.78, 5) is 16.5. The third-order valence-electron chi connectivity index (χ3n) is 11.6. The van der Waals surface area contributed by atoms with Crippen molar-refractivity contribution in [2.75, 3.05) is 0 Å². The Morgan fingerprint density at radius 1 is 0.962 bits per heavy atom. The molecular weight excluding hydrogens is 868 g/mol. The summed E-state index contributed by atoms with van der Waals surface area (Å²) < 4.78 is 43.2. The molecule has 1 fully saturated rings. The number of aromatic nitrogens is 1. The summed E-state index contributed by atoms with van der Waals surface area (Å²) in [5, 5.41) is 12.2. The van der Waals surface area contributed by atoms with Crippen LogP contribution >= 0.6 is 11.3 Å². The second-order valence-electron chi connectivity index (χ2n) is 16.2. The van der Waals surface area contributed by atoms with Gasteiger partial charge in [0.1, 0.15) is 0 Å². The molecular formula is C45H59F3IrNO2S-. The first-order valence-corrected chi connectivity index (χ1v) is 20.0. The van der Waals surface area contributed by atoms with Crippen LogP contribution in [0.5, 0.6) is 0 Å². The van der Waals surface area contributed by atoms with E-state index in [1.54, 1.807) is 11.3 Å². The van der Waals surface area contributed by atoms with Crippen molar-refractivity contribution >= 4 is 37.3 Å². The molecule has 5 rings (SSSR count). The van der Waals surface area contributed by atoms with Crippen molar-refractivity contribution in [2.45, 2.75) is 139 Å². The van der Waals surface area contributed by atoms with Crippen LogP contribution < -0.4 is 0 Å². The number of hydrogen-bond donors (Lipinski definition) is 1. The van der Waals surface area contributed by atoms with Crippen LogP contribution in [0.4, 0.5) is 13.2 Å². The number of allylic oxidation sites excluding steroid dienone is 2. The number of benzene rings is 2. The van der Waals surface area contributed by atoms with Crippen LogP contribution in [0.25, 0.3) is 31.4 Å². The number of alkyl halides is 3. The largest absolute Gasteiger partial charge is 0.512 e. The van der Waals surface area contributed by atoms with Crippen molar-refractivity contribution in [1.82, 2.24) is 4.98 Å². The first kappa shape index (κ1) is 44.9. The van der Waals surface area contributed by atoms with Gasteiger partial charge in [0.05, 0.1) is 11.2 Å². The molecule has 1 aliphatic carbocycles. The van der Waals surface area contributed by atoms with Gasteiger partial charge in [-0.05, 0) is 104 Å². The zero-order chi connectivity index (χ0) is 38.6. The maximum atomic E-state index is 13.6. The number of ketones is 1. The molecule has 53 heavy (non-hydrogen) atoms. The normalized spacial score (nSPS) is 18.3. The van der Waals surface area contributed by atoms with Crippen molar-refractivity contribution < 1.29 is 43.2 Å². The van der Waals surface area contributed by atoms with E-state index >= 15 is 0 Å². The van der Waals surface area contributed by atoms with E-state index in [0.717, 1.165) is 68.2 Å². The average molecular weight is 927 g/mol. The molecule has 3 nitrogen and oxygen atoms in total. The van der Waals surface area contributed by atoms with E-state index in [4.69, 9.17) is 4.98 Å². The number of carbonyl (C=O) groups is 1. The molecule has 0 saturated heterocycles. The minimum Gasteiger partial charge on any atom is -0.512 e. The number of hydrogen-bond acceptors (Lipinski definition) is 4. The number of halogens is 3. The van der Waals surface area contributed by atoms with Gasteiger partial charge in [-0.1, -0.05) is 74.4 Å². The molecule has 1 radical (unpaired) electrons. The van der Waals surface area contributed by atoms with Crippen molar-refractivity contribution in [3.63, 3.8) is 0 Å². The fraction of sp³-hybridized carbons (Fsp3) is 0.556. The van der Waals surface area contributed by atoms with E-state index in [-0.39, 0.29) is 55.3 Å². The molecule has 0 bridgehead atoms. The van der Waals surface area contributed by atoms with Gasteiger partial charge in [0.25, 0.3) is 0 Å². The first-order chi connectivity index (χ1) is 24.4. The number of rotatable bonds is 11. The number of aliphatic hydroxyl groups excluding tert-OH is 1. The molecule has 1 N–H and O–H groups in total. The number of fused-ring (bicyclic) bond motifs is 3. The molecule has 0 spiro atoms. The third kappa shape index (κ3) is 10.4. The number of aryl methyl sites for hydroxylation is 3. The number of carbonyl (C=O) groups excluding carboxylic acids is 1. The van der Waals surface area contributed by atoms with E-state index in [2.05, 4.69) is 64.1 Å². The van der Waals surface area contributed by atoms with E-state index in [1.807, 2.05) is 33.9 Å². The van der Waals surface area contributed by atoms with Gasteiger partial charge in [0.2, 0.25) is 0 Å². The second kappa shape index (κ2) is 18.4. The summed E-state index contributed by atoms with van der Waals surface area (Å²) >= 11 is 1.80. The van der Waals surface area contributed by atoms with Crippen LogP contribution in [-0.4, -0.2) is 22.1 Å². The average Bonchev–Trinajstić information content (AvgIpc) is 3.45. The van der Waals surface area contributed by atoms with Gasteiger partial charge in [-0.2, -0.15) is 13.2 Å². The van der Waals surface area contributed by atoms with Gasteiger partial charge < -0.3 is 10.1 Å². The SMILES string of the molecule is CCC(CC)C(=O)/C=C(\O)C(CC)CC.Cc1[c-]c(-c2nccc3c2sc2c(C)c(C4CCC(C)(CC(C)(C)C(F)(F)F)CC4)ccc23)cc(C)c1.[Ir]. The van der Waals surface area contributed by atoms with Crippen molar-refractivity contribution in [2.24, 2.45) is 22.7 Å². The number of thiophene rings is 1. The Bertz CT molecular complexity index is 1860. The fourth-order valence-corrected chi connectivity index (χ4v) is 9.63. The molecule has 2 heterocycles. The topological polar surface area (TPSA) is 50.2 Å². The molecule has 0 unspecified atom stereocenters. The van der Waals surface area contributed by atoms with Gasteiger partial charge in [-0.15, -0.1) is 46.2 Å². The molecule has 1 saturated carbocycles. The Balaban J connectivity index is 0.000000403. The summed E-state index contributed by atoms with van der Waals surface area (Å²) in [6.07, 6.45) is 6.36. The van der Waals surface area contributed by atoms with Crippen LogP contribution in [-0.2, 0) is 24.9 Å². The molecule has 0 atom stereocenters. The Morgan fingerprint density at radius 3 is 2.09 bits per heavy atom. The third-order valence-corrected chi connectivity index (χ3v) is 12.9. The molecule has 0 amide bonds. The van der Waals surface area contributed by atoms with E-state index in [9.17, 15) is 23.1 Å². The predicted molar refractivity (Wildman–Crippen MR) is 213 cm³/mol. The number of aliphatic hydroxyl groups is 1. The maximum Gasteiger partial charge on any atom is 0.393 e. The van der Waals surface area contributed by atoms with Crippen molar-refractivity contribution in [3.05, 3.63) is 76.7 Å². The Morgan fingerprint density at radius 2 is 1.55 bits per heavy atom. The molecule has 0 aliphatic heterocycles.